The van der Waals surface area contributed by atoms with Gasteiger partial charge in [0.25, 0.3) is 0 Å². The second-order valence-electron chi connectivity index (χ2n) is 7.80. The summed E-state index contributed by atoms with van der Waals surface area (Å²) in [4.78, 5) is 6.82. The van der Waals surface area contributed by atoms with E-state index in [1.807, 2.05) is 36.9 Å². The molecule has 8 heteroatoms. The highest BCUT2D eigenvalue weighted by Gasteiger charge is 2.28. The van der Waals surface area contributed by atoms with Crippen LogP contribution in [0.1, 0.15) is 23.1 Å². The second kappa shape index (κ2) is 8.25. The Kier molecular flexibility index (Phi) is 5.65. The molecule has 2 heterocycles. The molecule has 1 aromatic heterocycles. The number of hydrogen-bond donors (Lipinski definition) is 0. The fraction of sp³-hybridized carbons (Fsp3) is 0.304. The van der Waals surface area contributed by atoms with E-state index in [9.17, 15) is 18.1 Å². The molecule has 4 rings (SSSR count). The van der Waals surface area contributed by atoms with E-state index in [2.05, 4.69) is 6.07 Å². The standard InChI is InChI=1S/C23H23FN4O2S/c1-16-12-18-14-19(15-25)23(26-22(18)13-17(16)2)27-8-3-9-28(11-10-27)31(29,30)21-6-4-20(24)5-7-21/h4-7,12-14H,3,8-11H2,1-2H3. The van der Waals surface area contributed by atoms with Crippen molar-refractivity contribution in [1.29, 1.82) is 5.26 Å². The third-order valence-electron chi connectivity index (χ3n) is 5.74. The van der Waals surface area contributed by atoms with Gasteiger partial charge in [0.2, 0.25) is 10.0 Å². The van der Waals surface area contributed by atoms with Crippen LogP contribution in [0.5, 0.6) is 0 Å². The molecule has 0 amide bonds. The molecule has 0 unspecified atom stereocenters. The average molecular weight is 439 g/mol. The molecule has 1 fully saturated rings. The molecule has 2 aromatic carbocycles. The minimum atomic E-state index is -3.71. The van der Waals surface area contributed by atoms with E-state index in [4.69, 9.17) is 4.98 Å². The largest absolute Gasteiger partial charge is 0.354 e. The van der Waals surface area contributed by atoms with Crippen LogP contribution in [0.3, 0.4) is 0 Å². The number of sulfonamides is 1. The molecule has 0 N–H and O–H groups in total. The zero-order chi connectivity index (χ0) is 22.2. The zero-order valence-corrected chi connectivity index (χ0v) is 18.3. The first-order valence-corrected chi connectivity index (χ1v) is 11.6. The lowest BCUT2D eigenvalue weighted by atomic mass is 10.0. The molecule has 1 aliphatic heterocycles. The lowest BCUT2D eigenvalue weighted by Crippen LogP contribution is -2.35. The number of pyridine rings is 1. The number of aryl methyl sites for hydroxylation is 2. The Morgan fingerprint density at radius 2 is 1.71 bits per heavy atom. The molecule has 0 bridgehead atoms. The Balaban J connectivity index is 1.63. The van der Waals surface area contributed by atoms with Gasteiger partial charge in [0, 0.05) is 31.6 Å². The molecular formula is C23H23FN4O2S. The molecule has 0 atom stereocenters. The van der Waals surface area contributed by atoms with Crippen molar-refractivity contribution in [2.45, 2.75) is 25.2 Å². The number of nitrogens with zero attached hydrogens (tertiary/aromatic N) is 4. The van der Waals surface area contributed by atoms with Crippen LogP contribution >= 0.6 is 0 Å². The number of rotatable bonds is 3. The number of benzene rings is 2. The van der Waals surface area contributed by atoms with Crippen molar-refractivity contribution >= 4 is 26.7 Å². The number of fused-ring (bicyclic) bond motifs is 1. The topological polar surface area (TPSA) is 77.3 Å². The summed E-state index contributed by atoms with van der Waals surface area (Å²) in [5.41, 5.74) is 3.56. The maximum absolute atomic E-state index is 13.2. The van der Waals surface area contributed by atoms with Gasteiger partial charge >= 0.3 is 0 Å². The molecule has 31 heavy (non-hydrogen) atoms. The van der Waals surface area contributed by atoms with Gasteiger partial charge in [0.05, 0.1) is 16.0 Å². The van der Waals surface area contributed by atoms with E-state index in [1.165, 1.54) is 16.4 Å². The van der Waals surface area contributed by atoms with Crippen molar-refractivity contribution in [3.63, 3.8) is 0 Å². The first-order valence-electron chi connectivity index (χ1n) is 10.1. The molecule has 0 aliphatic carbocycles. The Bertz CT molecular complexity index is 1280. The quantitative estimate of drug-likeness (QED) is 0.622. The predicted octanol–water partition coefficient (Wildman–Crippen LogP) is 3.76. The maximum Gasteiger partial charge on any atom is 0.243 e. The van der Waals surface area contributed by atoms with E-state index < -0.39 is 15.8 Å². The normalized spacial score (nSPS) is 15.6. The zero-order valence-electron chi connectivity index (χ0n) is 17.5. The average Bonchev–Trinajstić information content (AvgIpc) is 3.01. The van der Waals surface area contributed by atoms with Crippen molar-refractivity contribution in [3.05, 3.63) is 65.0 Å². The van der Waals surface area contributed by atoms with Crippen LogP contribution in [-0.4, -0.2) is 43.9 Å². The molecule has 160 valence electrons. The number of halogens is 1. The van der Waals surface area contributed by atoms with E-state index in [0.29, 0.717) is 37.4 Å². The van der Waals surface area contributed by atoms with E-state index in [1.54, 1.807) is 0 Å². The fourth-order valence-electron chi connectivity index (χ4n) is 3.85. The van der Waals surface area contributed by atoms with Gasteiger partial charge in [-0.1, -0.05) is 0 Å². The van der Waals surface area contributed by atoms with Gasteiger partial charge in [0.1, 0.15) is 17.7 Å². The van der Waals surface area contributed by atoms with Gasteiger partial charge in [-0.25, -0.2) is 17.8 Å². The summed E-state index contributed by atoms with van der Waals surface area (Å²) in [7, 11) is -3.71. The summed E-state index contributed by atoms with van der Waals surface area (Å²) in [5, 5.41) is 10.6. The van der Waals surface area contributed by atoms with Crippen molar-refractivity contribution in [3.8, 4) is 6.07 Å². The SMILES string of the molecule is Cc1cc2cc(C#N)c(N3CCCN(S(=O)(=O)c4ccc(F)cc4)CC3)nc2cc1C. The molecule has 1 saturated heterocycles. The van der Waals surface area contributed by atoms with Gasteiger partial charge in [-0.15, -0.1) is 0 Å². The van der Waals surface area contributed by atoms with Gasteiger partial charge < -0.3 is 4.90 Å². The van der Waals surface area contributed by atoms with Crippen LogP contribution < -0.4 is 4.90 Å². The predicted molar refractivity (Wildman–Crippen MR) is 118 cm³/mol. The van der Waals surface area contributed by atoms with Gasteiger partial charge in [-0.05, 0) is 73.9 Å². The van der Waals surface area contributed by atoms with Crippen LogP contribution in [0.4, 0.5) is 10.2 Å². The molecule has 0 spiro atoms. The van der Waals surface area contributed by atoms with Crippen molar-refractivity contribution < 1.29 is 12.8 Å². The Morgan fingerprint density at radius 1 is 1.00 bits per heavy atom. The van der Waals surface area contributed by atoms with Crippen molar-refractivity contribution in [1.82, 2.24) is 9.29 Å². The summed E-state index contributed by atoms with van der Waals surface area (Å²) in [6, 6.07) is 13.0. The Labute approximate surface area is 181 Å². The van der Waals surface area contributed by atoms with Crippen molar-refractivity contribution in [2.24, 2.45) is 0 Å². The van der Waals surface area contributed by atoms with Gasteiger partial charge in [0.15, 0.2) is 0 Å². The van der Waals surface area contributed by atoms with Crippen LogP contribution in [0.2, 0.25) is 0 Å². The summed E-state index contributed by atoms with van der Waals surface area (Å²) in [6.07, 6.45) is 0.595. The van der Waals surface area contributed by atoms with Crippen LogP contribution in [0, 0.1) is 31.0 Å². The van der Waals surface area contributed by atoms with E-state index in [-0.39, 0.29) is 11.4 Å². The minimum absolute atomic E-state index is 0.0785. The minimum Gasteiger partial charge on any atom is -0.354 e. The smallest absolute Gasteiger partial charge is 0.243 e. The second-order valence-corrected chi connectivity index (χ2v) is 9.74. The Morgan fingerprint density at radius 3 is 2.42 bits per heavy atom. The number of nitriles is 1. The molecule has 1 aliphatic rings. The van der Waals surface area contributed by atoms with Crippen molar-refractivity contribution in [2.75, 3.05) is 31.1 Å². The molecule has 0 radical (unpaired) electrons. The van der Waals surface area contributed by atoms with Crippen LogP contribution in [0.25, 0.3) is 10.9 Å². The first-order chi connectivity index (χ1) is 14.8. The third-order valence-corrected chi connectivity index (χ3v) is 7.65. The lowest BCUT2D eigenvalue weighted by Gasteiger charge is -2.24. The fourth-order valence-corrected chi connectivity index (χ4v) is 5.32. The highest BCUT2D eigenvalue weighted by atomic mass is 32.2. The van der Waals surface area contributed by atoms with Gasteiger partial charge in [-0.2, -0.15) is 9.57 Å². The van der Waals surface area contributed by atoms with E-state index in [0.717, 1.165) is 34.2 Å². The number of aromatic nitrogens is 1. The first kappa shape index (κ1) is 21.2. The molecule has 0 saturated carbocycles. The lowest BCUT2D eigenvalue weighted by molar-refractivity contribution is 0.433. The third kappa shape index (κ3) is 4.11. The highest BCUT2D eigenvalue weighted by Crippen LogP contribution is 2.27. The summed E-state index contributed by atoms with van der Waals surface area (Å²) >= 11 is 0. The summed E-state index contributed by atoms with van der Waals surface area (Å²) < 4.78 is 40.6. The number of anilines is 1. The summed E-state index contributed by atoms with van der Waals surface area (Å²) in [6.45, 7) is 5.67. The molecular weight excluding hydrogens is 415 g/mol. The molecule has 3 aromatic rings. The summed E-state index contributed by atoms with van der Waals surface area (Å²) in [5.74, 6) is 0.108. The Hall–Kier alpha value is -3.02. The maximum atomic E-state index is 13.2. The monoisotopic (exact) mass is 438 g/mol. The van der Waals surface area contributed by atoms with Crippen LogP contribution in [0.15, 0.2) is 47.4 Å². The van der Waals surface area contributed by atoms with Gasteiger partial charge in [-0.3, -0.25) is 0 Å². The molecule has 6 nitrogen and oxygen atoms in total. The number of hydrogen-bond acceptors (Lipinski definition) is 5. The van der Waals surface area contributed by atoms with Crippen LogP contribution in [-0.2, 0) is 10.0 Å². The highest BCUT2D eigenvalue weighted by molar-refractivity contribution is 7.89. The van der Waals surface area contributed by atoms with E-state index >= 15 is 0 Å².